The van der Waals surface area contributed by atoms with Gasteiger partial charge in [-0.25, -0.2) is 0 Å². The average Bonchev–Trinajstić information content (AvgIpc) is 2.43. The first kappa shape index (κ1) is 7.56. The summed E-state index contributed by atoms with van der Waals surface area (Å²) in [5.74, 6) is 2.00. The Morgan fingerprint density at radius 1 is 1.18 bits per heavy atom. The molecule has 1 saturated heterocycles. The monoisotopic (exact) mass is 154 g/mol. The third kappa shape index (κ3) is 1.30. The first-order valence-corrected chi connectivity index (χ1v) is 4.65. The van der Waals surface area contributed by atoms with Gasteiger partial charge >= 0.3 is 0 Å². The first-order chi connectivity index (χ1) is 5.29. The fraction of sp³-hybridized carbons (Fsp3) is 1.00. The van der Waals surface area contributed by atoms with Crippen molar-refractivity contribution >= 4 is 0 Å². The summed E-state index contributed by atoms with van der Waals surface area (Å²) in [4.78, 5) is 2.47. The van der Waals surface area contributed by atoms with Gasteiger partial charge in [-0.05, 0) is 38.8 Å². The minimum absolute atomic E-state index is 0.818. The van der Waals surface area contributed by atoms with Crippen molar-refractivity contribution in [2.45, 2.75) is 18.9 Å². The van der Waals surface area contributed by atoms with Gasteiger partial charge in [0.1, 0.15) is 0 Å². The number of likely N-dealkylation sites (tertiary alicyclic amines) is 1. The van der Waals surface area contributed by atoms with Crippen LogP contribution < -0.4 is 5.32 Å². The molecule has 2 rings (SSSR count). The lowest BCUT2D eigenvalue weighted by Gasteiger charge is -2.12. The molecule has 0 radical (unpaired) electrons. The lowest BCUT2D eigenvalue weighted by Crippen LogP contribution is -2.25. The zero-order valence-electron chi connectivity index (χ0n) is 7.51. The molecule has 0 amide bonds. The SMILES string of the molecule is CN[C@H]1C[C@@H]2CN(C)C[C@@H]2C1. The van der Waals surface area contributed by atoms with Gasteiger partial charge in [0.15, 0.2) is 0 Å². The number of nitrogens with one attached hydrogen (secondary N) is 1. The standard InChI is InChI=1S/C9H18N2/c1-10-9-3-7-5-11(2)6-8(7)4-9/h7-10H,3-6H2,1-2H3/t7-,8+,9+. The van der Waals surface area contributed by atoms with Gasteiger partial charge in [-0.15, -0.1) is 0 Å². The van der Waals surface area contributed by atoms with Crippen molar-refractivity contribution in [1.82, 2.24) is 10.2 Å². The van der Waals surface area contributed by atoms with Crippen molar-refractivity contribution in [3.05, 3.63) is 0 Å². The smallest absolute Gasteiger partial charge is 0.00705 e. The topological polar surface area (TPSA) is 15.3 Å². The van der Waals surface area contributed by atoms with E-state index in [1.54, 1.807) is 0 Å². The van der Waals surface area contributed by atoms with Crippen LogP contribution in [0.4, 0.5) is 0 Å². The summed E-state index contributed by atoms with van der Waals surface area (Å²) in [5.41, 5.74) is 0. The normalized spacial score (nSPS) is 44.7. The van der Waals surface area contributed by atoms with Crippen molar-refractivity contribution in [3.8, 4) is 0 Å². The first-order valence-electron chi connectivity index (χ1n) is 4.65. The average molecular weight is 154 g/mol. The fourth-order valence-electron chi connectivity index (χ4n) is 2.77. The Bertz CT molecular complexity index is 132. The quantitative estimate of drug-likeness (QED) is 0.593. The van der Waals surface area contributed by atoms with Crippen LogP contribution in [0.1, 0.15) is 12.8 Å². The van der Waals surface area contributed by atoms with Crippen molar-refractivity contribution in [2.24, 2.45) is 11.8 Å². The minimum Gasteiger partial charge on any atom is -0.317 e. The minimum atomic E-state index is 0.818. The molecule has 1 saturated carbocycles. The molecule has 0 unspecified atom stereocenters. The van der Waals surface area contributed by atoms with Crippen LogP contribution in [0.25, 0.3) is 0 Å². The summed E-state index contributed by atoms with van der Waals surface area (Å²) in [5, 5.41) is 3.39. The van der Waals surface area contributed by atoms with Gasteiger partial charge in [-0.2, -0.15) is 0 Å². The number of rotatable bonds is 1. The van der Waals surface area contributed by atoms with Gasteiger partial charge in [0.2, 0.25) is 0 Å². The molecular formula is C9H18N2. The van der Waals surface area contributed by atoms with Crippen LogP contribution in [-0.4, -0.2) is 38.1 Å². The molecule has 0 aromatic rings. The molecule has 1 aliphatic carbocycles. The van der Waals surface area contributed by atoms with Crippen LogP contribution in [-0.2, 0) is 0 Å². The van der Waals surface area contributed by atoms with Crippen LogP contribution in [0.3, 0.4) is 0 Å². The van der Waals surface area contributed by atoms with E-state index in [4.69, 9.17) is 0 Å². The Labute approximate surface area is 69.0 Å². The molecule has 11 heavy (non-hydrogen) atoms. The molecule has 2 heteroatoms. The predicted molar refractivity (Wildman–Crippen MR) is 46.6 cm³/mol. The van der Waals surface area contributed by atoms with Crippen molar-refractivity contribution in [2.75, 3.05) is 27.2 Å². The molecule has 64 valence electrons. The van der Waals surface area contributed by atoms with Gasteiger partial charge in [-0.1, -0.05) is 0 Å². The second kappa shape index (κ2) is 2.76. The third-order valence-corrected chi connectivity index (χ3v) is 3.34. The molecule has 2 nitrogen and oxygen atoms in total. The lowest BCUT2D eigenvalue weighted by atomic mass is 10.0. The zero-order chi connectivity index (χ0) is 7.84. The van der Waals surface area contributed by atoms with E-state index in [0.717, 1.165) is 17.9 Å². The molecule has 1 heterocycles. The van der Waals surface area contributed by atoms with E-state index in [1.165, 1.54) is 25.9 Å². The Hall–Kier alpha value is -0.0800. The molecule has 2 fully saturated rings. The molecule has 1 aliphatic heterocycles. The summed E-state index contributed by atoms with van der Waals surface area (Å²) in [6, 6.07) is 0.818. The Balaban J connectivity index is 1.93. The van der Waals surface area contributed by atoms with Gasteiger partial charge < -0.3 is 10.2 Å². The van der Waals surface area contributed by atoms with E-state index < -0.39 is 0 Å². The maximum absolute atomic E-state index is 3.39. The van der Waals surface area contributed by atoms with E-state index in [0.29, 0.717) is 0 Å². The van der Waals surface area contributed by atoms with E-state index in [1.807, 2.05) is 0 Å². The Morgan fingerprint density at radius 2 is 1.73 bits per heavy atom. The van der Waals surface area contributed by atoms with Crippen molar-refractivity contribution in [1.29, 1.82) is 0 Å². The maximum Gasteiger partial charge on any atom is 0.00705 e. The van der Waals surface area contributed by atoms with Gasteiger partial charge in [0.25, 0.3) is 0 Å². The highest BCUT2D eigenvalue weighted by Crippen LogP contribution is 2.37. The number of nitrogens with zero attached hydrogens (tertiary/aromatic N) is 1. The summed E-state index contributed by atoms with van der Waals surface area (Å²) < 4.78 is 0. The molecule has 3 atom stereocenters. The molecule has 0 aromatic heterocycles. The molecule has 0 aromatic carbocycles. The molecule has 0 spiro atoms. The zero-order valence-corrected chi connectivity index (χ0v) is 7.51. The Morgan fingerprint density at radius 3 is 2.18 bits per heavy atom. The second-order valence-corrected chi connectivity index (χ2v) is 4.20. The number of hydrogen-bond donors (Lipinski definition) is 1. The van der Waals surface area contributed by atoms with Crippen LogP contribution in [0.5, 0.6) is 0 Å². The van der Waals surface area contributed by atoms with Crippen LogP contribution in [0.15, 0.2) is 0 Å². The summed E-state index contributed by atoms with van der Waals surface area (Å²) >= 11 is 0. The Kier molecular flexibility index (Phi) is 1.90. The van der Waals surface area contributed by atoms with E-state index in [9.17, 15) is 0 Å². The van der Waals surface area contributed by atoms with Gasteiger partial charge in [0, 0.05) is 19.1 Å². The summed E-state index contributed by atoms with van der Waals surface area (Å²) in [6.45, 7) is 2.67. The maximum atomic E-state index is 3.39. The number of hydrogen-bond acceptors (Lipinski definition) is 2. The van der Waals surface area contributed by atoms with Crippen LogP contribution >= 0.6 is 0 Å². The predicted octanol–water partition coefficient (Wildman–Crippen LogP) is 0.546. The molecule has 1 N–H and O–H groups in total. The molecule has 2 aliphatic rings. The molecular weight excluding hydrogens is 136 g/mol. The van der Waals surface area contributed by atoms with Crippen molar-refractivity contribution < 1.29 is 0 Å². The van der Waals surface area contributed by atoms with E-state index in [-0.39, 0.29) is 0 Å². The molecule has 0 bridgehead atoms. The fourth-order valence-corrected chi connectivity index (χ4v) is 2.77. The van der Waals surface area contributed by atoms with Gasteiger partial charge in [-0.3, -0.25) is 0 Å². The highest BCUT2D eigenvalue weighted by Gasteiger charge is 2.38. The summed E-state index contributed by atoms with van der Waals surface area (Å²) in [7, 11) is 4.34. The second-order valence-electron chi connectivity index (χ2n) is 4.20. The largest absolute Gasteiger partial charge is 0.317 e. The van der Waals surface area contributed by atoms with E-state index >= 15 is 0 Å². The number of fused-ring (bicyclic) bond motifs is 1. The highest BCUT2D eigenvalue weighted by molar-refractivity contribution is 4.93. The highest BCUT2D eigenvalue weighted by atomic mass is 15.1. The van der Waals surface area contributed by atoms with Crippen LogP contribution in [0, 0.1) is 11.8 Å². The van der Waals surface area contributed by atoms with Crippen LogP contribution in [0.2, 0.25) is 0 Å². The summed E-state index contributed by atoms with van der Waals surface area (Å²) in [6.07, 6.45) is 2.82. The van der Waals surface area contributed by atoms with Gasteiger partial charge in [0.05, 0.1) is 0 Å². The lowest BCUT2D eigenvalue weighted by molar-refractivity contribution is 0.363. The third-order valence-electron chi connectivity index (χ3n) is 3.34. The van der Waals surface area contributed by atoms with Crippen molar-refractivity contribution in [3.63, 3.8) is 0 Å². The van der Waals surface area contributed by atoms with E-state index in [2.05, 4.69) is 24.3 Å².